The molecule has 0 atom stereocenters. The molecule has 0 aliphatic heterocycles. The van der Waals surface area contributed by atoms with E-state index in [1.54, 1.807) is 66.7 Å². The lowest BCUT2D eigenvalue weighted by Gasteiger charge is -2.19. The fourth-order valence-corrected chi connectivity index (χ4v) is 3.49. The van der Waals surface area contributed by atoms with Crippen molar-refractivity contribution in [3.63, 3.8) is 0 Å². The SMILES string of the molecule is CC.CC.CC(C)(C)OC(=O)Nc1cccc(CNC(=O)c2ccccc2)c1.O=C(O)c1ccccc1.On1nnc2ccccc21. The van der Waals surface area contributed by atoms with E-state index >= 15 is 0 Å². The Morgan fingerprint density at radius 1 is 0.766 bits per heavy atom. The maximum atomic E-state index is 12.0. The summed E-state index contributed by atoms with van der Waals surface area (Å²) in [5.74, 6) is -1.02. The lowest BCUT2D eigenvalue weighted by atomic mass is 10.1. The summed E-state index contributed by atoms with van der Waals surface area (Å²) in [6, 6.07) is 31.8. The van der Waals surface area contributed by atoms with Crippen LogP contribution in [0.5, 0.6) is 0 Å². The van der Waals surface area contributed by atoms with Crippen molar-refractivity contribution < 1.29 is 29.4 Å². The topological polar surface area (TPSA) is 156 Å². The van der Waals surface area contributed by atoms with E-state index in [2.05, 4.69) is 20.9 Å². The Morgan fingerprint density at radius 3 is 1.85 bits per heavy atom. The number of aromatic carboxylic acids is 1. The number of carboxylic acids is 1. The number of nitrogens with one attached hydrogen (secondary N) is 2. The van der Waals surface area contributed by atoms with Gasteiger partial charge in [-0.05, 0) is 80.1 Å². The third kappa shape index (κ3) is 15.2. The molecule has 0 radical (unpaired) electrons. The molecule has 11 nitrogen and oxygen atoms in total. The van der Waals surface area contributed by atoms with E-state index in [0.29, 0.717) is 34.4 Å². The molecule has 0 fully saturated rings. The van der Waals surface area contributed by atoms with Gasteiger partial charge in [-0.1, -0.05) is 93.2 Å². The Bertz CT molecular complexity index is 1630. The molecule has 0 aliphatic rings. The highest BCUT2D eigenvalue weighted by Gasteiger charge is 2.16. The van der Waals surface area contributed by atoms with Crippen LogP contribution in [0.2, 0.25) is 0 Å². The Balaban J connectivity index is 0.000000391. The van der Waals surface area contributed by atoms with Gasteiger partial charge in [-0.15, -0.1) is 5.10 Å². The van der Waals surface area contributed by atoms with Crippen molar-refractivity contribution in [2.75, 3.05) is 5.32 Å². The van der Waals surface area contributed by atoms with Crippen LogP contribution in [-0.4, -0.2) is 49.0 Å². The monoisotopic (exact) mass is 643 g/mol. The van der Waals surface area contributed by atoms with Gasteiger partial charge in [-0.3, -0.25) is 10.1 Å². The molecular weight excluding hydrogens is 598 g/mol. The molecule has 1 aromatic heterocycles. The highest BCUT2D eigenvalue weighted by molar-refractivity contribution is 5.94. The number of carbonyl (C=O) groups excluding carboxylic acids is 2. The summed E-state index contributed by atoms with van der Waals surface area (Å²) in [6.45, 7) is 13.8. The Hall–Kier alpha value is -5.71. The minimum absolute atomic E-state index is 0.138. The summed E-state index contributed by atoms with van der Waals surface area (Å²) in [5.41, 5.74) is 3.22. The fourth-order valence-electron chi connectivity index (χ4n) is 3.49. The van der Waals surface area contributed by atoms with Crippen LogP contribution >= 0.6 is 0 Å². The van der Waals surface area contributed by atoms with Crippen LogP contribution in [-0.2, 0) is 11.3 Å². The number of anilines is 1. The molecule has 0 aliphatic carbocycles. The number of carboxylic acid groups (broad SMARTS) is 1. The molecule has 47 heavy (non-hydrogen) atoms. The average Bonchev–Trinajstić information content (AvgIpc) is 3.46. The fraction of sp³-hybridized carbons (Fsp3) is 0.250. The summed E-state index contributed by atoms with van der Waals surface area (Å²) >= 11 is 0. The first-order valence-electron chi connectivity index (χ1n) is 15.2. The van der Waals surface area contributed by atoms with Gasteiger partial charge in [0.1, 0.15) is 16.6 Å². The number of benzene rings is 4. The van der Waals surface area contributed by atoms with Crippen molar-refractivity contribution >= 4 is 34.7 Å². The number of hydrogen-bond donors (Lipinski definition) is 4. The molecule has 0 unspecified atom stereocenters. The molecule has 250 valence electrons. The van der Waals surface area contributed by atoms with E-state index in [9.17, 15) is 14.4 Å². The van der Waals surface area contributed by atoms with Gasteiger partial charge < -0.3 is 20.4 Å². The largest absolute Gasteiger partial charge is 0.478 e. The number of para-hydroxylation sites is 1. The first-order valence-corrected chi connectivity index (χ1v) is 15.2. The quantitative estimate of drug-likeness (QED) is 0.140. The third-order valence-electron chi connectivity index (χ3n) is 5.42. The molecule has 0 saturated carbocycles. The summed E-state index contributed by atoms with van der Waals surface area (Å²) in [6.07, 6.45) is -0.507. The zero-order valence-electron chi connectivity index (χ0n) is 28.0. The molecule has 5 aromatic rings. The summed E-state index contributed by atoms with van der Waals surface area (Å²) in [7, 11) is 0. The van der Waals surface area contributed by atoms with Crippen molar-refractivity contribution in [3.05, 3.63) is 126 Å². The normalized spacial score (nSPS) is 9.68. The van der Waals surface area contributed by atoms with Crippen molar-refractivity contribution in [2.24, 2.45) is 0 Å². The first kappa shape index (κ1) is 39.3. The maximum absolute atomic E-state index is 12.0. The predicted molar refractivity (Wildman–Crippen MR) is 185 cm³/mol. The smallest absolute Gasteiger partial charge is 0.412 e. The second-order valence-corrected chi connectivity index (χ2v) is 10.0. The molecule has 0 saturated heterocycles. The van der Waals surface area contributed by atoms with E-state index in [0.717, 1.165) is 10.4 Å². The van der Waals surface area contributed by atoms with E-state index in [1.165, 1.54) is 0 Å². The minimum atomic E-state index is -0.879. The first-order chi connectivity index (χ1) is 22.5. The van der Waals surface area contributed by atoms with E-state index < -0.39 is 17.7 Å². The molecule has 1 heterocycles. The number of hydrogen-bond acceptors (Lipinski definition) is 7. The third-order valence-corrected chi connectivity index (χ3v) is 5.42. The maximum Gasteiger partial charge on any atom is 0.412 e. The number of nitrogens with zero attached hydrogens (tertiary/aromatic N) is 3. The van der Waals surface area contributed by atoms with E-state index in [4.69, 9.17) is 15.1 Å². The van der Waals surface area contributed by atoms with Crippen LogP contribution in [0.15, 0.2) is 109 Å². The van der Waals surface area contributed by atoms with Gasteiger partial charge in [0.15, 0.2) is 0 Å². The van der Waals surface area contributed by atoms with Crippen molar-refractivity contribution in [2.45, 2.75) is 60.6 Å². The van der Waals surface area contributed by atoms with Crippen LogP contribution < -0.4 is 10.6 Å². The number of fused-ring (bicyclic) bond motifs is 1. The molecular formula is C36H45N5O6. The van der Waals surface area contributed by atoms with Gasteiger partial charge >= 0.3 is 12.1 Å². The molecule has 2 amide bonds. The van der Waals surface area contributed by atoms with Crippen LogP contribution in [0.3, 0.4) is 0 Å². The van der Waals surface area contributed by atoms with Gasteiger partial charge in [0, 0.05) is 17.8 Å². The zero-order valence-corrected chi connectivity index (χ0v) is 28.0. The highest BCUT2D eigenvalue weighted by Crippen LogP contribution is 2.14. The van der Waals surface area contributed by atoms with Crippen LogP contribution in [0.25, 0.3) is 11.0 Å². The Morgan fingerprint density at radius 2 is 1.32 bits per heavy atom. The van der Waals surface area contributed by atoms with Gasteiger partial charge in [-0.25, -0.2) is 9.59 Å². The van der Waals surface area contributed by atoms with Crippen molar-refractivity contribution in [1.29, 1.82) is 0 Å². The predicted octanol–water partition coefficient (Wildman–Crippen LogP) is 8.07. The van der Waals surface area contributed by atoms with Gasteiger partial charge in [0.2, 0.25) is 0 Å². The zero-order chi connectivity index (χ0) is 35.2. The molecule has 4 N–H and O–H groups in total. The summed E-state index contributed by atoms with van der Waals surface area (Å²) < 4.78 is 5.22. The molecule has 0 bridgehead atoms. The van der Waals surface area contributed by atoms with Crippen molar-refractivity contribution in [3.8, 4) is 0 Å². The van der Waals surface area contributed by atoms with E-state index in [-0.39, 0.29) is 5.91 Å². The second kappa shape index (κ2) is 21.1. The molecule has 0 spiro atoms. The number of aromatic nitrogens is 3. The number of carbonyl (C=O) groups is 3. The van der Waals surface area contributed by atoms with Gasteiger partial charge in [0.05, 0.1) is 5.56 Å². The van der Waals surface area contributed by atoms with E-state index in [1.807, 2.05) is 90.9 Å². The lowest BCUT2D eigenvalue weighted by Crippen LogP contribution is -2.27. The number of amides is 2. The average molecular weight is 644 g/mol. The van der Waals surface area contributed by atoms with Crippen molar-refractivity contribution in [1.82, 2.24) is 20.5 Å². The highest BCUT2D eigenvalue weighted by atomic mass is 16.6. The summed E-state index contributed by atoms with van der Waals surface area (Å²) in [4.78, 5) is 34.8. The summed E-state index contributed by atoms with van der Waals surface area (Å²) in [5, 5.41) is 30.0. The van der Waals surface area contributed by atoms with Crippen LogP contribution in [0, 0.1) is 0 Å². The molecule has 4 aromatic carbocycles. The minimum Gasteiger partial charge on any atom is -0.478 e. The van der Waals surface area contributed by atoms with Crippen LogP contribution in [0.1, 0.15) is 74.7 Å². The lowest BCUT2D eigenvalue weighted by molar-refractivity contribution is 0.0633. The van der Waals surface area contributed by atoms with Gasteiger partial charge in [0.25, 0.3) is 5.91 Å². The second-order valence-electron chi connectivity index (χ2n) is 10.0. The number of ether oxygens (including phenoxy) is 1. The molecule has 5 rings (SSSR count). The Labute approximate surface area is 276 Å². The Kier molecular flexibility index (Phi) is 17.7. The van der Waals surface area contributed by atoms with Crippen LogP contribution in [0.4, 0.5) is 10.5 Å². The standard InChI is InChI=1S/C19H22N2O3.C7H6O2.C6H5N3O.2C2H6/c1-19(2,3)24-18(23)21-16-11-7-8-14(12-16)13-20-17(22)15-9-5-4-6-10-15;8-7(9)6-4-2-1-3-5-6;10-9-6-4-2-1-3-5(6)7-8-9;2*1-2/h4-12H,13H2,1-3H3,(H,20,22)(H,21,23);1-5H,(H,8,9);1-4,10H;2*1-2H3. The molecule has 11 heteroatoms. The number of rotatable bonds is 5. The van der Waals surface area contributed by atoms with Gasteiger partial charge in [-0.2, -0.15) is 0 Å².